The molecule has 0 saturated carbocycles. The van der Waals surface area contributed by atoms with E-state index in [1.54, 1.807) is 30.3 Å². The minimum Gasteiger partial charge on any atom is -0.508 e. The summed E-state index contributed by atoms with van der Waals surface area (Å²) in [5.41, 5.74) is 1.45. The minimum atomic E-state index is -0.335. The van der Waals surface area contributed by atoms with Crippen molar-refractivity contribution in [2.24, 2.45) is 11.8 Å². The van der Waals surface area contributed by atoms with Gasteiger partial charge in [0.05, 0.1) is 12.5 Å². The molecule has 3 N–H and O–H groups in total. The molecule has 0 amide bonds. The van der Waals surface area contributed by atoms with Crippen LogP contribution in [-0.4, -0.2) is 27.9 Å². The van der Waals surface area contributed by atoms with Crippen LogP contribution >= 0.6 is 0 Å². The third kappa shape index (κ3) is 3.23. The summed E-state index contributed by atoms with van der Waals surface area (Å²) in [4.78, 5) is 12.0. The fraction of sp³-hybridized carbons (Fsp3) is 0.278. The number of phenolic OH excluding ortho intramolecular Hbond substituents is 3. The van der Waals surface area contributed by atoms with Crippen molar-refractivity contribution in [3.8, 4) is 17.2 Å². The molecule has 0 bridgehead atoms. The number of carbonyl (C=O) groups is 1. The summed E-state index contributed by atoms with van der Waals surface area (Å²) >= 11 is 0. The Bertz CT molecular complexity index is 725. The predicted molar refractivity (Wildman–Crippen MR) is 83.2 cm³/mol. The molecule has 3 rings (SSSR count). The zero-order chi connectivity index (χ0) is 16.4. The number of hydrogen-bond donors (Lipinski definition) is 3. The lowest BCUT2D eigenvalue weighted by atomic mass is 9.85. The fourth-order valence-corrected chi connectivity index (χ4v) is 3.02. The van der Waals surface area contributed by atoms with E-state index in [4.69, 9.17) is 4.74 Å². The Morgan fingerprint density at radius 2 is 1.83 bits per heavy atom. The van der Waals surface area contributed by atoms with Gasteiger partial charge >= 0.3 is 5.97 Å². The van der Waals surface area contributed by atoms with Crippen LogP contribution in [-0.2, 0) is 22.4 Å². The molecule has 1 fully saturated rings. The Labute approximate surface area is 133 Å². The molecule has 0 aromatic heterocycles. The number of aromatic hydroxyl groups is 3. The molecule has 23 heavy (non-hydrogen) atoms. The summed E-state index contributed by atoms with van der Waals surface area (Å²) in [5, 5.41) is 29.1. The first kappa shape index (κ1) is 15.2. The molecule has 0 spiro atoms. The van der Waals surface area contributed by atoms with Gasteiger partial charge in [-0.25, -0.2) is 0 Å². The standard InChI is InChI=1S/C18H18O5/c19-14-5-1-3-11(7-14)8-15-13(10-23-18(15)22)9-12-4-2-6-16(20)17(12)21/h1-7,13,15,19-21H,8-10H2/t13-,15+/m0/s1. The first-order valence-electron chi connectivity index (χ1n) is 7.49. The maximum Gasteiger partial charge on any atom is 0.309 e. The number of phenols is 3. The molecule has 5 nitrogen and oxygen atoms in total. The van der Waals surface area contributed by atoms with Gasteiger partial charge in [-0.2, -0.15) is 0 Å². The molecule has 5 heteroatoms. The van der Waals surface area contributed by atoms with Crippen molar-refractivity contribution in [2.45, 2.75) is 12.8 Å². The van der Waals surface area contributed by atoms with Crippen LogP contribution in [0.25, 0.3) is 0 Å². The Balaban J connectivity index is 1.78. The lowest BCUT2D eigenvalue weighted by Crippen LogP contribution is -2.20. The highest BCUT2D eigenvalue weighted by atomic mass is 16.5. The van der Waals surface area contributed by atoms with Crippen LogP contribution < -0.4 is 0 Å². The molecule has 1 heterocycles. The Kier molecular flexibility index (Phi) is 4.10. The average Bonchev–Trinajstić information content (AvgIpc) is 2.85. The van der Waals surface area contributed by atoms with E-state index < -0.39 is 0 Å². The maximum atomic E-state index is 12.0. The zero-order valence-electron chi connectivity index (χ0n) is 12.5. The zero-order valence-corrected chi connectivity index (χ0v) is 12.5. The highest BCUT2D eigenvalue weighted by Crippen LogP contribution is 2.35. The van der Waals surface area contributed by atoms with Crippen LogP contribution in [0, 0.1) is 11.8 Å². The second kappa shape index (κ2) is 6.20. The van der Waals surface area contributed by atoms with Gasteiger partial charge in [0.25, 0.3) is 0 Å². The number of rotatable bonds is 4. The van der Waals surface area contributed by atoms with E-state index in [1.165, 1.54) is 6.07 Å². The van der Waals surface area contributed by atoms with Crippen LogP contribution in [0.2, 0.25) is 0 Å². The normalized spacial score (nSPS) is 20.4. The summed E-state index contributed by atoms with van der Waals surface area (Å²) in [5.74, 6) is -0.842. The maximum absolute atomic E-state index is 12.0. The quantitative estimate of drug-likeness (QED) is 0.596. The van der Waals surface area contributed by atoms with Crippen LogP contribution in [0.15, 0.2) is 42.5 Å². The van der Waals surface area contributed by atoms with Gasteiger partial charge in [0.2, 0.25) is 0 Å². The largest absolute Gasteiger partial charge is 0.508 e. The molecule has 1 aliphatic rings. The van der Waals surface area contributed by atoms with Crippen molar-refractivity contribution in [2.75, 3.05) is 6.61 Å². The highest BCUT2D eigenvalue weighted by Gasteiger charge is 2.37. The number of ether oxygens (including phenoxy) is 1. The van der Waals surface area contributed by atoms with E-state index in [9.17, 15) is 20.1 Å². The molecular formula is C18H18O5. The lowest BCUT2D eigenvalue weighted by Gasteiger charge is -2.16. The number of para-hydroxylation sites is 1. The number of hydrogen-bond acceptors (Lipinski definition) is 5. The van der Waals surface area contributed by atoms with Crippen molar-refractivity contribution >= 4 is 5.97 Å². The molecular weight excluding hydrogens is 296 g/mol. The van der Waals surface area contributed by atoms with E-state index in [-0.39, 0.29) is 41.7 Å². The molecule has 2 aromatic carbocycles. The van der Waals surface area contributed by atoms with E-state index >= 15 is 0 Å². The van der Waals surface area contributed by atoms with Crippen molar-refractivity contribution in [3.05, 3.63) is 53.6 Å². The number of esters is 1. The SMILES string of the molecule is O=C1OC[C@H](Cc2cccc(O)c2O)[C@H]1Cc1cccc(O)c1. The molecule has 0 unspecified atom stereocenters. The molecule has 2 aromatic rings. The van der Waals surface area contributed by atoms with E-state index in [2.05, 4.69) is 0 Å². The summed E-state index contributed by atoms with van der Waals surface area (Å²) in [6.45, 7) is 0.289. The second-order valence-electron chi connectivity index (χ2n) is 5.86. The summed E-state index contributed by atoms with van der Waals surface area (Å²) < 4.78 is 5.18. The van der Waals surface area contributed by atoms with Gasteiger partial charge in [0, 0.05) is 5.92 Å². The van der Waals surface area contributed by atoms with Crippen molar-refractivity contribution < 1.29 is 24.9 Å². The lowest BCUT2D eigenvalue weighted by molar-refractivity contribution is -0.141. The number of benzene rings is 2. The Morgan fingerprint density at radius 3 is 2.61 bits per heavy atom. The second-order valence-corrected chi connectivity index (χ2v) is 5.86. The smallest absolute Gasteiger partial charge is 0.309 e. The van der Waals surface area contributed by atoms with Crippen molar-refractivity contribution in [1.29, 1.82) is 0 Å². The van der Waals surface area contributed by atoms with Gasteiger partial charge in [-0.15, -0.1) is 0 Å². The molecule has 0 radical (unpaired) electrons. The van der Waals surface area contributed by atoms with Crippen LogP contribution in [0.4, 0.5) is 0 Å². The first-order chi connectivity index (χ1) is 11.0. The van der Waals surface area contributed by atoms with E-state index in [1.807, 2.05) is 6.07 Å². The molecule has 120 valence electrons. The van der Waals surface area contributed by atoms with Crippen molar-refractivity contribution in [1.82, 2.24) is 0 Å². The van der Waals surface area contributed by atoms with Crippen LogP contribution in [0.5, 0.6) is 17.2 Å². The molecule has 2 atom stereocenters. The highest BCUT2D eigenvalue weighted by molar-refractivity contribution is 5.75. The first-order valence-corrected chi connectivity index (χ1v) is 7.49. The van der Waals surface area contributed by atoms with Gasteiger partial charge in [-0.05, 0) is 42.2 Å². The molecule has 1 aliphatic heterocycles. The third-order valence-corrected chi connectivity index (χ3v) is 4.26. The minimum absolute atomic E-state index is 0.0856. The van der Waals surface area contributed by atoms with Crippen LogP contribution in [0.3, 0.4) is 0 Å². The van der Waals surface area contributed by atoms with Crippen molar-refractivity contribution in [3.63, 3.8) is 0 Å². The third-order valence-electron chi connectivity index (χ3n) is 4.26. The summed E-state index contributed by atoms with van der Waals surface area (Å²) in [7, 11) is 0. The Hall–Kier alpha value is -2.69. The molecule has 1 saturated heterocycles. The van der Waals surface area contributed by atoms with Gasteiger partial charge in [-0.3, -0.25) is 4.79 Å². The van der Waals surface area contributed by atoms with E-state index in [0.29, 0.717) is 18.4 Å². The van der Waals surface area contributed by atoms with Gasteiger partial charge < -0.3 is 20.1 Å². The fourth-order valence-electron chi connectivity index (χ4n) is 3.02. The predicted octanol–water partition coefficient (Wildman–Crippen LogP) is 2.38. The summed E-state index contributed by atoms with van der Waals surface area (Å²) in [6, 6.07) is 11.6. The Morgan fingerprint density at radius 1 is 1.04 bits per heavy atom. The molecule has 0 aliphatic carbocycles. The van der Waals surface area contributed by atoms with E-state index in [0.717, 1.165) is 5.56 Å². The average molecular weight is 314 g/mol. The summed E-state index contributed by atoms with van der Waals surface area (Å²) in [6.07, 6.45) is 0.910. The van der Waals surface area contributed by atoms with Gasteiger partial charge in [-0.1, -0.05) is 24.3 Å². The topological polar surface area (TPSA) is 87.0 Å². The number of carbonyl (C=O) groups excluding carboxylic acids is 1. The monoisotopic (exact) mass is 314 g/mol. The van der Waals surface area contributed by atoms with Gasteiger partial charge in [0.15, 0.2) is 11.5 Å². The number of cyclic esters (lactones) is 1. The van der Waals surface area contributed by atoms with Gasteiger partial charge in [0.1, 0.15) is 5.75 Å². The van der Waals surface area contributed by atoms with Crippen LogP contribution in [0.1, 0.15) is 11.1 Å².